The number of thioether (sulfide) groups is 1. The van der Waals surface area contributed by atoms with E-state index in [2.05, 4.69) is 15.3 Å². The van der Waals surface area contributed by atoms with Gasteiger partial charge in [-0.05, 0) is 35.7 Å². The van der Waals surface area contributed by atoms with Crippen LogP contribution in [0, 0.1) is 0 Å². The molecule has 2 aliphatic rings. The van der Waals surface area contributed by atoms with Gasteiger partial charge in [0.15, 0.2) is 0 Å². The second kappa shape index (κ2) is 10.4. The largest absolute Gasteiger partial charge is 0.420 e. The van der Waals surface area contributed by atoms with Crippen LogP contribution in [0.3, 0.4) is 0 Å². The summed E-state index contributed by atoms with van der Waals surface area (Å²) >= 11 is 8.91. The van der Waals surface area contributed by atoms with E-state index in [9.17, 15) is 22.4 Å². The fourth-order valence-corrected chi connectivity index (χ4v) is 6.98. The smallest absolute Gasteiger partial charge is 0.340 e. The van der Waals surface area contributed by atoms with Gasteiger partial charge >= 0.3 is 6.18 Å². The molecule has 0 unspecified atom stereocenters. The molecule has 1 aromatic carbocycles. The Morgan fingerprint density at radius 2 is 2.00 bits per heavy atom. The molecule has 6 nitrogen and oxygen atoms in total. The Balaban J connectivity index is 1.49. The molecule has 0 saturated heterocycles. The number of hydrogen-bond donors (Lipinski definition) is 1. The number of benzene rings is 1. The Kier molecular flexibility index (Phi) is 7.36. The molecule has 0 radical (unpaired) electrons. The second-order valence-corrected chi connectivity index (χ2v) is 11.4. The number of carbonyl (C=O) groups is 1. The van der Waals surface area contributed by atoms with Crippen LogP contribution in [0.15, 0.2) is 29.3 Å². The molecule has 0 bridgehead atoms. The summed E-state index contributed by atoms with van der Waals surface area (Å²) in [6.45, 7) is 1.77. The normalized spacial score (nSPS) is 16.4. The van der Waals surface area contributed by atoms with Gasteiger partial charge in [0.05, 0.1) is 21.3 Å². The molecule has 13 heteroatoms. The summed E-state index contributed by atoms with van der Waals surface area (Å²) in [5.41, 5.74) is 1.20. The van der Waals surface area contributed by atoms with E-state index in [-0.39, 0.29) is 22.4 Å². The second-order valence-electron chi connectivity index (χ2n) is 8.77. The number of fused-ring (bicyclic) bond motifs is 2. The number of thiophene rings is 1. The molecule has 196 valence electrons. The topological polar surface area (TPSA) is 61.4 Å². The predicted molar refractivity (Wildman–Crippen MR) is 138 cm³/mol. The first-order chi connectivity index (χ1) is 17.6. The zero-order valence-corrected chi connectivity index (χ0v) is 22.1. The van der Waals surface area contributed by atoms with Crippen LogP contribution in [0.25, 0.3) is 10.6 Å². The van der Waals surface area contributed by atoms with E-state index in [4.69, 9.17) is 11.6 Å². The van der Waals surface area contributed by atoms with E-state index < -0.39 is 18.4 Å². The third-order valence-corrected chi connectivity index (χ3v) is 8.87. The van der Waals surface area contributed by atoms with Crippen molar-refractivity contribution < 1.29 is 22.4 Å². The van der Waals surface area contributed by atoms with Gasteiger partial charge in [-0.15, -0.1) is 23.1 Å². The molecule has 0 fully saturated rings. The highest BCUT2D eigenvalue weighted by Crippen LogP contribution is 2.43. The highest BCUT2D eigenvalue weighted by atomic mass is 35.5. The van der Waals surface area contributed by atoms with Gasteiger partial charge in [0.1, 0.15) is 17.1 Å². The van der Waals surface area contributed by atoms with E-state index in [0.29, 0.717) is 58.8 Å². The highest BCUT2D eigenvalue weighted by molar-refractivity contribution is 7.99. The van der Waals surface area contributed by atoms with Crippen molar-refractivity contribution in [2.24, 2.45) is 0 Å². The third kappa shape index (κ3) is 5.43. The van der Waals surface area contributed by atoms with E-state index in [1.165, 1.54) is 11.8 Å². The molecule has 3 aromatic rings. The Morgan fingerprint density at radius 1 is 1.19 bits per heavy atom. The number of alkyl halides is 4. The minimum atomic E-state index is -4.68. The van der Waals surface area contributed by atoms with Crippen LogP contribution < -0.4 is 5.32 Å². The van der Waals surface area contributed by atoms with Crippen LogP contribution in [-0.2, 0) is 19.1 Å². The van der Waals surface area contributed by atoms with Crippen LogP contribution in [0.1, 0.15) is 26.4 Å². The number of nitrogens with zero attached hydrogens (tertiary/aromatic N) is 4. The van der Waals surface area contributed by atoms with Crippen molar-refractivity contribution in [3.8, 4) is 10.6 Å². The lowest BCUT2D eigenvalue weighted by molar-refractivity contribution is -0.137. The third-order valence-electron chi connectivity index (χ3n) is 6.28. The summed E-state index contributed by atoms with van der Waals surface area (Å²) in [5, 5.41) is 3.32. The van der Waals surface area contributed by atoms with Gasteiger partial charge < -0.3 is 10.2 Å². The minimum Gasteiger partial charge on any atom is -0.340 e. The molecular weight excluding hydrogens is 550 g/mol. The van der Waals surface area contributed by atoms with Crippen LogP contribution in [0.5, 0.6) is 0 Å². The summed E-state index contributed by atoms with van der Waals surface area (Å²) in [6, 6.07) is 5.21. The first-order valence-corrected chi connectivity index (χ1v) is 13.7. The van der Waals surface area contributed by atoms with Crippen molar-refractivity contribution in [2.45, 2.75) is 24.0 Å². The molecule has 0 spiro atoms. The predicted octanol–water partition coefficient (Wildman–Crippen LogP) is 6.13. The van der Waals surface area contributed by atoms with Gasteiger partial charge in [-0.2, -0.15) is 13.2 Å². The standard InChI is InChI=1S/C24H22ClF4N5OS2/c1-33-6-7-36-19-10-18(37-21(19)22(33)35)20-15(24(27,28)29)11-30-23(32-20)31-17-9-13-2-4-34(5-3-26)12-14(13)8-16(17)25/h8-11H,2-7,12H2,1H3,(H,30,31,32). The van der Waals surface area contributed by atoms with Crippen molar-refractivity contribution in [1.82, 2.24) is 19.8 Å². The number of nitrogens with one attached hydrogen (secondary N) is 1. The van der Waals surface area contributed by atoms with Crippen molar-refractivity contribution in [3.05, 3.63) is 51.0 Å². The lowest BCUT2D eigenvalue weighted by Gasteiger charge is -2.28. The van der Waals surface area contributed by atoms with E-state index in [1.807, 2.05) is 11.0 Å². The average Bonchev–Trinajstić information content (AvgIpc) is 3.22. The van der Waals surface area contributed by atoms with E-state index in [0.717, 1.165) is 28.7 Å². The molecule has 1 amide bonds. The molecule has 37 heavy (non-hydrogen) atoms. The van der Waals surface area contributed by atoms with Crippen molar-refractivity contribution in [3.63, 3.8) is 0 Å². The lowest BCUT2D eigenvalue weighted by Crippen LogP contribution is -2.32. The molecule has 5 rings (SSSR count). The lowest BCUT2D eigenvalue weighted by atomic mass is 9.99. The summed E-state index contributed by atoms with van der Waals surface area (Å²) in [6.07, 6.45) is -3.24. The molecule has 2 aliphatic heterocycles. The maximum atomic E-state index is 13.9. The maximum Gasteiger partial charge on any atom is 0.420 e. The number of amides is 1. The monoisotopic (exact) mass is 571 g/mol. The zero-order valence-electron chi connectivity index (χ0n) is 19.7. The van der Waals surface area contributed by atoms with E-state index in [1.54, 1.807) is 24.1 Å². The Morgan fingerprint density at radius 3 is 2.76 bits per heavy atom. The summed E-state index contributed by atoms with van der Waals surface area (Å²) in [4.78, 5) is 25.7. The molecule has 1 N–H and O–H groups in total. The fraction of sp³-hybridized carbons (Fsp3) is 0.375. The molecule has 0 atom stereocenters. The van der Waals surface area contributed by atoms with Gasteiger partial charge in [-0.25, -0.2) is 14.4 Å². The maximum absolute atomic E-state index is 13.9. The van der Waals surface area contributed by atoms with Gasteiger partial charge in [-0.3, -0.25) is 9.69 Å². The Hall–Kier alpha value is -2.41. The number of anilines is 2. The minimum absolute atomic E-state index is 0.0422. The van der Waals surface area contributed by atoms with Gasteiger partial charge in [0, 0.05) is 50.1 Å². The molecule has 0 saturated carbocycles. The number of rotatable bonds is 5. The van der Waals surface area contributed by atoms with Gasteiger partial charge in [-0.1, -0.05) is 11.6 Å². The van der Waals surface area contributed by atoms with Crippen molar-refractivity contribution in [1.29, 1.82) is 0 Å². The number of halogens is 5. The fourth-order valence-electron chi connectivity index (χ4n) is 4.32. The summed E-state index contributed by atoms with van der Waals surface area (Å²) < 4.78 is 54.4. The average molecular weight is 572 g/mol. The van der Waals surface area contributed by atoms with Gasteiger partial charge in [0.25, 0.3) is 5.91 Å². The summed E-state index contributed by atoms with van der Waals surface area (Å²) in [7, 11) is 1.67. The highest BCUT2D eigenvalue weighted by Gasteiger charge is 2.37. The van der Waals surface area contributed by atoms with Crippen LogP contribution >= 0.6 is 34.7 Å². The molecule has 2 aromatic heterocycles. The number of aromatic nitrogens is 2. The quantitative estimate of drug-likeness (QED) is 0.372. The van der Waals surface area contributed by atoms with Crippen LogP contribution in [0.4, 0.5) is 29.2 Å². The molecular formula is C24H22ClF4N5OS2. The van der Waals surface area contributed by atoms with Crippen LogP contribution in [-0.4, -0.2) is 64.8 Å². The van der Waals surface area contributed by atoms with Crippen molar-refractivity contribution in [2.75, 3.05) is 44.4 Å². The summed E-state index contributed by atoms with van der Waals surface area (Å²) in [5.74, 6) is 0.388. The SMILES string of the molecule is CN1CCSc2cc(-c3nc(Nc4cc5c(cc4Cl)CN(CCF)CC5)ncc3C(F)(F)F)sc2C1=O. The Labute approximate surface area is 224 Å². The molecule has 4 heterocycles. The van der Waals surface area contributed by atoms with Gasteiger partial charge in [0.2, 0.25) is 5.95 Å². The number of hydrogen-bond acceptors (Lipinski definition) is 7. The first-order valence-electron chi connectivity index (χ1n) is 11.5. The first kappa shape index (κ1) is 26.2. The van der Waals surface area contributed by atoms with Crippen LogP contribution in [0.2, 0.25) is 5.02 Å². The molecule has 0 aliphatic carbocycles. The zero-order chi connectivity index (χ0) is 26.3. The van der Waals surface area contributed by atoms with Crippen molar-refractivity contribution >= 4 is 52.2 Å². The number of carbonyl (C=O) groups excluding carboxylic acids is 1. The van der Waals surface area contributed by atoms with E-state index >= 15 is 0 Å². The Bertz CT molecular complexity index is 1350.